The maximum absolute atomic E-state index is 11.4. The highest BCUT2D eigenvalue weighted by Crippen LogP contribution is 2.11. The van der Waals surface area contributed by atoms with Crippen LogP contribution in [0.5, 0.6) is 0 Å². The van der Waals surface area contributed by atoms with E-state index in [4.69, 9.17) is 4.74 Å². The van der Waals surface area contributed by atoms with Crippen molar-refractivity contribution >= 4 is 12.0 Å². The third-order valence-electron chi connectivity index (χ3n) is 2.77. The van der Waals surface area contributed by atoms with E-state index in [2.05, 4.69) is 26.0 Å². The van der Waals surface area contributed by atoms with Gasteiger partial charge in [-0.2, -0.15) is 0 Å². The van der Waals surface area contributed by atoms with Crippen LogP contribution >= 0.6 is 0 Å². The number of hydrogen-bond acceptors (Lipinski definition) is 2. The molecule has 0 saturated heterocycles. The van der Waals surface area contributed by atoms with E-state index in [0.29, 0.717) is 5.56 Å². The lowest BCUT2D eigenvalue weighted by atomic mass is 10.1. The largest absolute Gasteiger partial charge is 0.465 e. The molecule has 98 valence electrons. The quantitative estimate of drug-likeness (QED) is 0.552. The van der Waals surface area contributed by atoms with Crippen molar-refractivity contribution in [2.75, 3.05) is 7.11 Å². The lowest BCUT2D eigenvalue weighted by Crippen LogP contribution is -2.00. The fourth-order valence-electron chi connectivity index (χ4n) is 1.75. The first-order valence-electron chi connectivity index (χ1n) is 6.48. The van der Waals surface area contributed by atoms with Gasteiger partial charge in [-0.25, -0.2) is 4.79 Å². The van der Waals surface area contributed by atoms with Crippen LogP contribution in [0.15, 0.2) is 30.3 Å². The topological polar surface area (TPSA) is 26.3 Å². The third kappa shape index (κ3) is 5.17. The molecule has 2 nitrogen and oxygen atoms in total. The number of carbonyl (C=O) groups excluding carboxylic acids is 1. The second-order valence-electron chi connectivity index (χ2n) is 4.84. The molecule has 0 amide bonds. The Morgan fingerprint density at radius 2 is 2.17 bits per heavy atom. The Hall–Kier alpha value is -1.57. The van der Waals surface area contributed by atoms with Crippen molar-refractivity contribution in [3.05, 3.63) is 41.5 Å². The number of ether oxygens (including phenoxy) is 1. The van der Waals surface area contributed by atoms with Gasteiger partial charge in [0.05, 0.1) is 12.7 Å². The monoisotopic (exact) mass is 246 g/mol. The predicted octanol–water partition coefficient (Wildman–Crippen LogP) is 4.31. The highest BCUT2D eigenvalue weighted by Gasteiger charge is 2.03. The van der Waals surface area contributed by atoms with Crippen LogP contribution < -0.4 is 0 Å². The van der Waals surface area contributed by atoms with E-state index >= 15 is 0 Å². The summed E-state index contributed by atoms with van der Waals surface area (Å²) in [6.45, 7) is 4.48. The molecule has 0 unspecified atom stereocenters. The molecule has 0 atom stereocenters. The number of esters is 1. The van der Waals surface area contributed by atoms with Crippen LogP contribution in [0.25, 0.3) is 6.08 Å². The molecule has 1 aromatic carbocycles. The fourth-order valence-corrected chi connectivity index (χ4v) is 1.75. The molecule has 1 aromatic rings. The highest BCUT2D eigenvalue weighted by atomic mass is 16.5. The van der Waals surface area contributed by atoms with Gasteiger partial charge in [-0.1, -0.05) is 44.6 Å². The van der Waals surface area contributed by atoms with Crippen molar-refractivity contribution in [3.63, 3.8) is 0 Å². The first-order valence-corrected chi connectivity index (χ1v) is 6.48. The zero-order chi connectivity index (χ0) is 13.4. The third-order valence-corrected chi connectivity index (χ3v) is 2.77. The molecule has 0 bridgehead atoms. The van der Waals surface area contributed by atoms with Crippen LogP contribution in [-0.2, 0) is 4.74 Å². The van der Waals surface area contributed by atoms with E-state index in [1.165, 1.54) is 20.0 Å². The molecule has 0 fully saturated rings. The van der Waals surface area contributed by atoms with Crippen LogP contribution in [-0.4, -0.2) is 13.1 Å². The van der Waals surface area contributed by atoms with Gasteiger partial charge < -0.3 is 4.74 Å². The molecule has 0 radical (unpaired) electrons. The van der Waals surface area contributed by atoms with Crippen LogP contribution in [0, 0.1) is 5.92 Å². The normalized spacial score (nSPS) is 11.1. The summed E-state index contributed by atoms with van der Waals surface area (Å²) in [6, 6.07) is 7.48. The van der Waals surface area contributed by atoms with Gasteiger partial charge in [0, 0.05) is 0 Å². The van der Waals surface area contributed by atoms with Gasteiger partial charge in [-0.15, -0.1) is 0 Å². The molecule has 0 spiro atoms. The molecular weight excluding hydrogens is 224 g/mol. The second kappa shape index (κ2) is 7.70. The minimum atomic E-state index is -0.287. The number of rotatable bonds is 6. The van der Waals surface area contributed by atoms with Crippen LogP contribution in [0.2, 0.25) is 0 Å². The highest BCUT2D eigenvalue weighted by molar-refractivity contribution is 5.89. The Balaban J connectivity index is 2.51. The maximum Gasteiger partial charge on any atom is 0.337 e. The Morgan fingerprint density at radius 1 is 1.39 bits per heavy atom. The molecule has 0 aliphatic carbocycles. The number of carbonyl (C=O) groups is 1. The maximum atomic E-state index is 11.4. The molecule has 0 aliphatic heterocycles. The van der Waals surface area contributed by atoms with E-state index in [1.807, 2.05) is 18.2 Å². The predicted molar refractivity (Wildman–Crippen MR) is 75.5 cm³/mol. The summed E-state index contributed by atoms with van der Waals surface area (Å²) in [4.78, 5) is 11.4. The van der Waals surface area contributed by atoms with E-state index in [9.17, 15) is 4.79 Å². The van der Waals surface area contributed by atoms with Crippen molar-refractivity contribution in [2.24, 2.45) is 5.92 Å². The SMILES string of the molecule is COC(=O)c1cccc(/C=C/CCCC(C)C)c1. The first kappa shape index (κ1) is 14.5. The average Bonchev–Trinajstić information content (AvgIpc) is 2.37. The number of unbranched alkanes of at least 4 members (excludes halogenated alkanes) is 1. The number of methoxy groups -OCH3 is 1. The molecule has 0 N–H and O–H groups in total. The van der Waals surface area contributed by atoms with Gasteiger partial charge in [0.15, 0.2) is 0 Å². The Labute approximate surface area is 110 Å². The van der Waals surface area contributed by atoms with E-state index in [0.717, 1.165) is 17.9 Å². The summed E-state index contributed by atoms with van der Waals surface area (Å²) in [5.74, 6) is 0.478. The van der Waals surface area contributed by atoms with E-state index < -0.39 is 0 Å². The minimum absolute atomic E-state index is 0.287. The smallest absolute Gasteiger partial charge is 0.337 e. The fraction of sp³-hybridized carbons (Fsp3) is 0.438. The molecule has 0 aliphatic rings. The minimum Gasteiger partial charge on any atom is -0.465 e. The van der Waals surface area contributed by atoms with Crippen molar-refractivity contribution in [1.82, 2.24) is 0 Å². The molecule has 0 saturated carbocycles. The molecular formula is C16H22O2. The summed E-state index contributed by atoms with van der Waals surface area (Å²) in [5, 5.41) is 0. The van der Waals surface area contributed by atoms with E-state index in [-0.39, 0.29) is 5.97 Å². The summed E-state index contributed by atoms with van der Waals surface area (Å²) in [7, 11) is 1.40. The Kier molecular flexibility index (Phi) is 6.20. The van der Waals surface area contributed by atoms with Crippen LogP contribution in [0.1, 0.15) is 49.0 Å². The summed E-state index contributed by atoms with van der Waals surface area (Å²) >= 11 is 0. The summed E-state index contributed by atoms with van der Waals surface area (Å²) in [6.07, 6.45) is 7.78. The van der Waals surface area contributed by atoms with Crippen molar-refractivity contribution in [3.8, 4) is 0 Å². The zero-order valence-corrected chi connectivity index (χ0v) is 11.5. The lowest BCUT2D eigenvalue weighted by Gasteiger charge is -2.01. The Bertz CT molecular complexity index is 405. The zero-order valence-electron chi connectivity index (χ0n) is 11.5. The molecule has 18 heavy (non-hydrogen) atoms. The van der Waals surface area contributed by atoms with Gasteiger partial charge in [0.1, 0.15) is 0 Å². The lowest BCUT2D eigenvalue weighted by molar-refractivity contribution is 0.0600. The molecule has 0 heterocycles. The van der Waals surface area contributed by atoms with Crippen LogP contribution in [0.4, 0.5) is 0 Å². The van der Waals surface area contributed by atoms with Gasteiger partial charge in [0.2, 0.25) is 0 Å². The molecule has 1 rings (SSSR count). The van der Waals surface area contributed by atoms with E-state index in [1.54, 1.807) is 6.07 Å². The van der Waals surface area contributed by atoms with Crippen molar-refractivity contribution in [2.45, 2.75) is 33.1 Å². The standard InChI is InChI=1S/C16H22O2/c1-13(2)8-5-4-6-9-14-10-7-11-15(12-14)16(17)18-3/h6-7,9-13H,4-5,8H2,1-3H3/b9-6+. The summed E-state index contributed by atoms with van der Waals surface area (Å²) in [5.41, 5.74) is 1.64. The van der Waals surface area contributed by atoms with Gasteiger partial charge in [-0.05, 0) is 36.5 Å². The van der Waals surface area contributed by atoms with Crippen molar-refractivity contribution in [1.29, 1.82) is 0 Å². The second-order valence-corrected chi connectivity index (χ2v) is 4.84. The Morgan fingerprint density at radius 3 is 2.83 bits per heavy atom. The van der Waals surface area contributed by atoms with Gasteiger partial charge in [-0.3, -0.25) is 0 Å². The number of allylic oxidation sites excluding steroid dienone is 1. The number of benzene rings is 1. The van der Waals surface area contributed by atoms with Gasteiger partial charge >= 0.3 is 5.97 Å². The summed E-state index contributed by atoms with van der Waals surface area (Å²) < 4.78 is 4.70. The first-order chi connectivity index (χ1) is 8.63. The molecule has 0 aromatic heterocycles. The van der Waals surface area contributed by atoms with Crippen LogP contribution in [0.3, 0.4) is 0 Å². The molecule has 2 heteroatoms. The average molecular weight is 246 g/mol. The van der Waals surface area contributed by atoms with Crippen molar-refractivity contribution < 1.29 is 9.53 Å². The number of hydrogen-bond donors (Lipinski definition) is 0. The van der Waals surface area contributed by atoms with Gasteiger partial charge in [0.25, 0.3) is 0 Å².